The summed E-state index contributed by atoms with van der Waals surface area (Å²) in [5.74, 6) is 0. The van der Waals surface area contributed by atoms with E-state index in [1.54, 1.807) is 16.8 Å². The van der Waals surface area contributed by atoms with E-state index < -0.39 is 0 Å². The van der Waals surface area contributed by atoms with Crippen molar-refractivity contribution in [1.29, 1.82) is 0 Å². The number of halogens is 1. The summed E-state index contributed by atoms with van der Waals surface area (Å²) in [6.45, 7) is 1.97. The molecule has 0 amide bonds. The van der Waals surface area contributed by atoms with Gasteiger partial charge in [-0.15, -0.1) is 22.6 Å². The van der Waals surface area contributed by atoms with Gasteiger partial charge >= 0.3 is 0 Å². The van der Waals surface area contributed by atoms with Crippen molar-refractivity contribution < 1.29 is 0 Å². The molecular formula is C10H10ClN3S. The van der Waals surface area contributed by atoms with E-state index in [0.29, 0.717) is 0 Å². The maximum Gasteiger partial charge on any atom is 0.147 e. The second-order valence-corrected chi connectivity index (χ2v) is 4.16. The molecule has 0 atom stereocenters. The molecule has 0 spiro atoms. The van der Waals surface area contributed by atoms with E-state index >= 15 is 0 Å². The summed E-state index contributed by atoms with van der Waals surface area (Å²) in [5, 5.41) is 12.2. The van der Waals surface area contributed by atoms with Crippen molar-refractivity contribution in [2.24, 2.45) is 0 Å². The normalized spacial score (nSPS) is 13.3. The molecule has 3 rings (SSSR count). The topological polar surface area (TPSA) is 37.8 Å². The van der Waals surface area contributed by atoms with Gasteiger partial charge in [0.1, 0.15) is 10.5 Å². The zero-order valence-electron chi connectivity index (χ0n) is 7.93. The molecule has 1 N–H and O–H groups in total. The molecule has 1 aromatic carbocycles. The zero-order valence-corrected chi connectivity index (χ0v) is 9.57. The highest BCUT2D eigenvalue weighted by atomic mass is 35.5. The minimum atomic E-state index is 0. The maximum absolute atomic E-state index is 4.06. The van der Waals surface area contributed by atoms with Gasteiger partial charge in [-0.25, -0.2) is 0 Å². The molecule has 1 aliphatic heterocycles. The first-order valence-corrected chi connectivity index (χ1v) is 5.40. The Morgan fingerprint density at radius 3 is 2.87 bits per heavy atom. The third-order valence-corrected chi connectivity index (χ3v) is 3.18. The van der Waals surface area contributed by atoms with Crippen LogP contribution in [0.15, 0.2) is 23.7 Å². The number of nitrogens with zero attached hydrogens (tertiary/aromatic N) is 2. The molecular weight excluding hydrogens is 230 g/mol. The lowest BCUT2D eigenvalue weighted by Gasteiger charge is -1.99. The fraction of sp³-hybridized carbons (Fsp3) is 0.200. The van der Waals surface area contributed by atoms with E-state index in [2.05, 4.69) is 33.7 Å². The largest absolute Gasteiger partial charge is 0.309 e. The minimum absolute atomic E-state index is 0. The van der Waals surface area contributed by atoms with Crippen molar-refractivity contribution in [2.45, 2.75) is 13.1 Å². The molecule has 0 fully saturated rings. The van der Waals surface area contributed by atoms with Gasteiger partial charge in [0.25, 0.3) is 0 Å². The van der Waals surface area contributed by atoms with Gasteiger partial charge in [-0.3, -0.25) is 0 Å². The lowest BCUT2D eigenvalue weighted by Crippen LogP contribution is -1.99. The Hall–Kier alpha value is -0.970. The summed E-state index contributed by atoms with van der Waals surface area (Å²) in [7, 11) is 0. The third kappa shape index (κ3) is 1.88. The van der Waals surface area contributed by atoms with Crippen LogP contribution in [0.3, 0.4) is 0 Å². The maximum atomic E-state index is 4.06. The molecule has 0 saturated carbocycles. The van der Waals surface area contributed by atoms with Crippen molar-refractivity contribution in [3.8, 4) is 10.6 Å². The lowest BCUT2D eigenvalue weighted by atomic mass is 10.1. The predicted molar refractivity (Wildman–Crippen MR) is 63.1 cm³/mol. The quantitative estimate of drug-likeness (QED) is 0.830. The fourth-order valence-electron chi connectivity index (χ4n) is 1.73. The Bertz CT molecular complexity index is 456. The first-order chi connectivity index (χ1) is 6.93. The highest BCUT2D eigenvalue weighted by molar-refractivity contribution is 7.12. The zero-order chi connectivity index (χ0) is 9.38. The number of hydrogen-bond donors (Lipinski definition) is 1. The summed E-state index contributed by atoms with van der Waals surface area (Å²) in [5.41, 5.74) is 5.73. The molecule has 3 nitrogen and oxygen atoms in total. The third-order valence-electron chi connectivity index (χ3n) is 2.44. The van der Waals surface area contributed by atoms with Crippen LogP contribution in [0.1, 0.15) is 11.1 Å². The molecule has 78 valence electrons. The van der Waals surface area contributed by atoms with E-state index in [1.807, 2.05) is 0 Å². The van der Waals surface area contributed by atoms with Gasteiger partial charge in [0.05, 0.1) is 0 Å². The van der Waals surface area contributed by atoms with Gasteiger partial charge in [-0.05, 0) is 17.2 Å². The number of rotatable bonds is 1. The van der Waals surface area contributed by atoms with Crippen LogP contribution in [-0.4, -0.2) is 10.2 Å². The highest BCUT2D eigenvalue weighted by Crippen LogP contribution is 2.25. The smallest absolute Gasteiger partial charge is 0.147 e. The van der Waals surface area contributed by atoms with E-state index in [4.69, 9.17) is 0 Å². The van der Waals surface area contributed by atoms with Crippen LogP contribution in [0.25, 0.3) is 10.6 Å². The molecule has 0 unspecified atom stereocenters. The Morgan fingerprint density at radius 2 is 2.07 bits per heavy atom. The van der Waals surface area contributed by atoms with Gasteiger partial charge in [0, 0.05) is 18.7 Å². The molecule has 0 radical (unpaired) electrons. The summed E-state index contributed by atoms with van der Waals surface area (Å²) >= 11 is 1.58. The summed E-state index contributed by atoms with van der Waals surface area (Å²) < 4.78 is 0. The minimum Gasteiger partial charge on any atom is -0.309 e. The van der Waals surface area contributed by atoms with Gasteiger partial charge in [0.15, 0.2) is 0 Å². The Labute approximate surface area is 98.0 Å². The van der Waals surface area contributed by atoms with Gasteiger partial charge in [0.2, 0.25) is 0 Å². The van der Waals surface area contributed by atoms with E-state index in [0.717, 1.165) is 18.1 Å². The number of benzene rings is 1. The van der Waals surface area contributed by atoms with Gasteiger partial charge in [-0.2, -0.15) is 0 Å². The van der Waals surface area contributed by atoms with Crippen molar-refractivity contribution in [1.82, 2.24) is 15.5 Å². The fourth-order valence-corrected chi connectivity index (χ4v) is 2.28. The van der Waals surface area contributed by atoms with E-state index in [1.165, 1.54) is 16.7 Å². The number of nitrogens with one attached hydrogen (secondary N) is 1. The molecule has 15 heavy (non-hydrogen) atoms. The van der Waals surface area contributed by atoms with Crippen molar-refractivity contribution >= 4 is 23.7 Å². The predicted octanol–water partition coefficient (Wildman–Crippen LogP) is 2.23. The summed E-state index contributed by atoms with van der Waals surface area (Å²) in [4.78, 5) is 0. The molecule has 5 heteroatoms. The number of aromatic nitrogens is 2. The molecule has 1 aliphatic rings. The van der Waals surface area contributed by atoms with Gasteiger partial charge in [-0.1, -0.05) is 23.5 Å². The number of fused-ring (bicyclic) bond motifs is 1. The Morgan fingerprint density at radius 1 is 1.20 bits per heavy atom. The average Bonchev–Trinajstić information content (AvgIpc) is 2.88. The Balaban J connectivity index is 0.000000853. The SMILES string of the molecule is Cl.c1nnc(-c2ccc3c(c2)CNC3)s1. The molecule has 2 aromatic rings. The van der Waals surface area contributed by atoms with Crippen molar-refractivity contribution in [3.05, 3.63) is 34.8 Å². The molecule has 0 bridgehead atoms. The van der Waals surface area contributed by atoms with Crippen LogP contribution in [-0.2, 0) is 13.1 Å². The lowest BCUT2D eigenvalue weighted by molar-refractivity contribution is 0.765. The van der Waals surface area contributed by atoms with E-state index in [-0.39, 0.29) is 12.4 Å². The first kappa shape index (κ1) is 10.5. The second kappa shape index (κ2) is 4.26. The standard InChI is InChI=1S/C10H9N3S.ClH/c1-2-8-4-11-5-9(8)3-7(1)10-13-12-6-14-10;/h1-3,6,11H,4-5H2;1H. The summed E-state index contributed by atoms with van der Waals surface area (Å²) in [6.07, 6.45) is 0. The average molecular weight is 240 g/mol. The van der Waals surface area contributed by atoms with Gasteiger partial charge < -0.3 is 5.32 Å². The van der Waals surface area contributed by atoms with E-state index in [9.17, 15) is 0 Å². The first-order valence-electron chi connectivity index (χ1n) is 4.52. The molecule has 0 aliphatic carbocycles. The van der Waals surface area contributed by atoms with Crippen LogP contribution in [0.5, 0.6) is 0 Å². The van der Waals surface area contributed by atoms with Crippen molar-refractivity contribution in [3.63, 3.8) is 0 Å². The van der Waals surface area contributed by atoms with Crippen LogP contribution < -0.4 is 5.32 Å². The van der Waals surface area contributed by atoms with Crippen LogP contribution >= 0.6 is 23.7 Å². The Kier molecular flexibility index (Phi) is 3.00. The van der Waals surface area contributed by atoms with Crippen molar-refractivity contribution in [2.75, 3.05) is 0 Å². The molecule has 2 heterocycles. The van der Waals surface area contributed by atoms with Crippen LogP contribution in [0, 0.1) is 0 Å². The highest BCUT2D eigenvalue weighted by Gasteiger charge is 2.11. The second-order valence-electron chi connectivity index (χ2n) is 3.33. The van der Waals surface area contributed by atoms with Crippen LogP contribution in [0.2, 0.25) is 0 Å². The molecule has 1 aromatic heterocycles. The number of hydrogen-bond acceptors (Lipinski definition) is 4. The van der Waals surface area contributed by atoms with Crippen LogP contribution in [0.4, 0.5) is 0 Å². The summed E-state index contributed by atoms with van der Waals surface area (Å²) in [6, 6.07) is 6.49. The monoisotopic (exact) mass is 239 g/mol. The molecule has 0 saturated heterocycles.